The molecule has 0 radical (unpaired) electrons. The van der Waals surface area contributed by atoms with Gasteiger partial charge in [-0.1, -0.05) is 15.9 Å². The predicted molar refractivity (Wildman–Crippen MR) is 75.4 cm³/mol. The summed E-state index contributed by atoms with van der Waals surface area (Å²) in [6, 6.07) is 2.70. The van der Waals surface area contributed by atoms with Crippen molar-refractivity contribution in [3.63, 3.8) is 0 Å². The average molecular weight is 387 g/mol. The molecule has 1 aromatic rings. The Kier molecular flexibility index (Phi) is 4.67. The van der Waals surface area contributed by atoms with Gasteiger partial charge in [0.2, 0.25) is 10.0 Å². The third kappa shape index (κ3) is 3.41. The third-order valence-corrected chi connectivity index (χ3v) is 6.07. The number of nitrogens with zero attached hydrogens (tertiary/aromatic N) is 1. The summed E-state index contributed by atoms with van der Waals surface area (Å²) in [5, 5.41) is 3.03. The zero-order chi connectivity index (χ0) is 15.8. The summed E-state index contributed by atoms with van der Waals surface area (Å²) < 4.78 is 64.4. The number of hydrogen-bond acceptors (Lipinski definition) is 3. The first-order chi connectivity index (χ1) is 9.64. The van der Waals surface area contributed by atoms with Crippen LogP contribution in [0.5, 0.6) is 0 Å². The van der Waals surface area contributed by atoms with Crippen LogP contribution in [-0.2, 0) is 16.2 Å². The highest BCUT2D eigenvalue weighted by Gasteiger charge is 2.36. The van der Waals surface area contributed by atoms with Crippen molar-refractivity contribution in [1.29, 1.82) is 0 Å². The van der Waals surface area contributed by atoms with E-state index in [1.54, 1.807) is 0 Å². The maximum atomic E-state index is 12.9. The van der Waals surface area contributed by atoms with E-state index < -0.39 is 21.8 Å². The monoisotopic (exact) mass is 386 g/mol. The van der Waals surface area contributed by atoms with Crippen LogP contribution in [0.1, 0.15) is 12.0 Å². The molecule has 1 N–H and O–H groups in total. The van der Waals surface area contributed by atoms with E-state index in [0.29, 0.717) is 25.6 Å². The van der Waals surface area contributed by atoms with Gasteiger partial charge in [0.1, 0.15) is 0 Å². The van der Waals surface area contributed by atoms with Gasteiger partial charge in [-0.3, -0.25) is 0 Å². The molecule has 9 heteroatoms. The van der Waals surface area contributed by atoms with Crippen molar-refractivity contribution in [2.24, 2.45) is 0 Å². The highest BCUT2D eigenvalue weighted by molar-refractivity contribution is 9.10. The smallest absolute Gasteiger partial charge is 0.315 e. The molecule has 0 spiro atoms. The molecule has 118 valence electrons. The third-order valence-electron chi connectivity index (χ3n) is 3.47. The molecule has 0 bridgehead atoms. The lowest BCUT2D eigenvalue weighted by atomic mass is 10.2. The van der Waals surface area contributed by atoms with Gasteiger partial charge in [-0.25, -0.2) is 8.42 Å². The highest BCUT2D eigenvalue weighted by Crippen LogP contribution is 2.36. The molecule has 1 unspecified atom stereocenters. The van der Waals surface area contributed by atoms with E-state index in [9.17, 15) is 21.6 Å². The lowest BCUT2D eigenvalue weighted by molar-refractivity contribution is -0.138. The summed E-state index contributed by atoms with van der Waals surface area (Å²) in [6.07, 6.45) is -3.98. The number of alkyl halides is 3. The van der Waals surface area contributed by atoms with Crippen LogP contribution in [0.4, 0.5) is 13.2 Å². The van der Waals surface area contributed by atoms with Gasteiger partial charge in [-0.2, -0.15) is 17.5 Å². The van der Waals surface area contributed by atoms with E-state index >= 15 is 0 Å². The molecule has 0 saturated carbocycles. The van der Waals surface area contributed by atoms with Crippen LogP contribution >= 0.6 is 15.9 Å². The molecule has 1 aliphatic heterocycles. The standard InChI is InChI=1S/C12H14BrF3N2O2S/c1-18(8-4-5-17-7-8)21(19,20)9-2-3-11(13)10(6-9)12(14,15)16/h2-3,6,8,17H,4-5,7H2,1H3. The van der Waals surface area contributed by atoms with Crippen molar-refractivity contribution >= 4 is 26.0 Å². The quantitative estimate of drug-likeness (QED) is 0.867. The molecular weight excluding hydrogens is 373 g/mol. The molecule has 1 fully saturated rings. The molecule has 4 nitrogen and oxygen atoms in total. The Labute approximate surface area is 129 Å². The normalized spacial score (nSPS) is 20.2. The Morgan fingerprint density at radius 3 is 2.57 bits per heavy atom. The summed E-state index contributed by atoms with van der Waals surface area (Å²) in [5.74, 6) is 0. The molecule has 0 aliphatic carbocycles. The molecule has 1 heterocycles. The maximum Gasteiger partial charge on any atom is 0.417 e. The lowest BCUT2D eigenvalue weighted by Gasteiger charge is -2.23. The first kappa shape index (κ1) is 16.7. The van der Waals surface area contributed by atoms with Gasteiger partial charge in [0.15, 0.2) is 0 Å². The van der Waals surface area contributed by atoms with E-state index in [4.69, 9.17) is 0 Å². The van der Waals surface area contributed by atoms with E-state index in [1.165, 1.54) is 13.1 Å². The Morgan fingerprint density at radius 1 is 1.38 bits per heavy atom. The van der Waals surface area contributed by atoms with Gasteiger partial charge < -0.3 is 5.32 Å². The first-order valence-electron chi connectivity index (χ1n) is 6.19. The van der Waals surface area contributed by atoms with Crippen molar-refractivity contribution in [2.45, 2.75) is 23.5 Å². The van der Waals surface area contributed by atoms with E-state index in [1.807, 2.05) is 0 Å². The second-order valence-corrected chi connectivity index (χ2v) is 7.66. The van der Waals surface area contributed by atoms with Crippen LogP contribution in [0.2, 0.25) is 0 Å². The number of sulfonamides is 1. The molecular formula is C12H14BrF3N2O2S. The molecule has 1 atom stereocenters. The summed E-state index contributed by atoms with van der Waals surface area (Å²) in [6.45, 7) is 1.19. The second kappa shape index (κ2) is 5.86. The van der Waals surface area contributed by atoms with E-state index in [0.717, 1.165) is 10.4 Å². The van der Waals surface area contributed by atoms with Gasteiger partial charge in [0.05, 0.1) is 10.5 Å². The molecule has 0 aromatic heterocycles. The van der Waals surface area contributed by atoms with Crippen molar-refractivity contribution in [3.8, 4) is 0 Å². The lowest BCUT2D eigenvalue weighted by Crippen LogP contribution is -2.38. The van der Waals surface area contributed by atoms with Crippen LogP contribution in [0, 0.1) is 0 Å². The second-order valence-electron chi connectivity index (χ2n) is 4.81. The van der Waals surface area contributed by atoms with Crippen molar-refractivity contribution in [2.75, 3.05) is 20.1 Å². The van der Waals surface area contributed by atoms with Crippen molar-refractivity contribution < 1.29 is 21.6 Å². The van der Waals surface area contributed by atoms with Crippen LogP contribution in [0.15, 0.2) is 27.6 Å². The molecule has 0 amide bonds. The Balaban J connectivity index is 2.41. The summed E-state index contributed by atoms with van der Waals surface area (Å²) >= 11 is 2.80. The molecule has 1 aromatic carbocycles. The number of nitrogens with one attached hydrogen (secondary N) is 1. The molecule has 2 rings (SSSR count). The topological polar surface area (TPSA) is 49.4 Å². The summed E-state index contributed by atoms with van der Waals surface area (Å²) in [4.78, 5) is -0.354. The van der Waals surface area contributed by atoms with Crippen LogP contribution in [0.3, 0.4) is 0 Å². The summed E-state index contributed by atoms with van der Waals surface area (Å²) in [5.41, 5.74) is -0.999. The van der Waals surface area contributed by atoms with Crippen molar-refractivity contribution in [3.05, 3.63) is 28.2 Å². The fraction of sp³-hybridized carbons (Fsp3) is 0.500. The average Bonchev–Trinajstić information content (AvgIpc) is 2.90. The Hall–Kier alpha value is -0.640. The van der Waals surface area contributed by atoms with Gasteiger partial charge in [-0.15, -0.1) is 0 Å². The zero-order valence-corrected chi connectivity index (χ0v) is 13.5. The SMILES string of the molecule is CN(C1CCNC1)S(=O)(=O)c1ccc(Br)c(C(F)(F)F)c1. The van der Waals surface area contributed by atoms with Crippen molar-refractivity contribution in [1.82, 2.24) is 9.62 Å². The minimum Gasteiger partial charge on any atom is -0.315 e. The minimum atomic E-state index is -4.61. The highest BCUT2D eigenvalue weighted by atomic mass is 79.9. The van der Waals surface area contributed by atoms with Crippen LogP contribution in [-0.4, -0.2) is 38.9 Å². The zero-order valence-electron chi connectivity index (χ0n) is 11.1. The molecule has 1 aliphatic rings. The van der Waals surface area contributed by atoms with Gasteiger partial charge in [0, 0.05) is 24.1 Å². The fourth-order valence-electron chi connectivity index (χ4n) is 2.19. The maximum absolute atomic E-state index is 12.9. The Morgan fingerprint density at radius 2 is 2.05 bits per heavy atom. The van der Waals surface area contributed by atoms with Gasteiger partial charge >= 0.3 is 6.18 Å². The number of hydrogen-bond donors (Lipinski definition) is 1. The summed E-state index contributed by atoms with van der Waals surface area (Å²) in [7, 11) is -2.56. The van der Waals surface area contributed by atoms with Crippen LogP contribution in [0.25, 0.3) is 0 Å². The molecule has 1 saturated heterocycles. The first-order valence-corrected chi connectivity index (χ1v) is 8.43. The van der Waals surface area contributed by atoms with E-state index in [-0.39, 0.29) is 15.4 Å². The molecule has 21 heavy (non-hydrogen) atoms. The number of rotatable bonds is 3. The number of likely N-dealkylation sites (N-methyl/N-ethyl adjacent to an activating group) is 1. The number of benzene rings is 1. The Bertz CT molecular complexity index is 628. The van der Waals surface area contributed by atoms with Crippen LogP contribution < -0.4 is 5.32 Å². The largest absolute Gasteiger partial charge is 0.417 e. The van der Waals surface area contributed by atoms with Gasteiger partial charge in [0.25, 0.3) is 0 Å². The number of halogens is 4. The van der Waals surface area contributed by atoms with E-state index in [2.05, 4.69) is 21.2 Å². The predicted octanol–water partition coefficient (Wildman–Crippen LogP) is 2.45. The minimum absolute atomic E-state index is 0.181. The van der Waals surface area contributed by atoms with Gasteiger partial charge in [-0.05, 0) is 31.2 Å². The fourth-order valence-corrected chi connectivity index (χ4v) is 4.08.